The van der Waals surface area contributed by atoms with Crippen molar-refractivity contribution in [2.75, 3.05) is 18.5 Å². The summed E-state index contributed by atoms with van der Waals surface area (Å²) in [5, 5.41) is 5.68. The Labute approximate surface area is 130 Å². The monoisotopic (exact) mass is 299 g/mol. The van der Waals surface area contributed by atoms with Crippen LogP contribution in [0.3, 0.4) is 0 Å². The van der Waals surface area contributed by atoms with Gasteiger partial charge in [0.15, 0.2) is 0 Å². The number of urea groups is 1. The maximum atomic E-state index is 11.9. The van der Waals surface area contributed by atoms with Crippen molar-refractivity contribution in [3.05, 3.63) is 53.9 Å². The van der Waals surface area contributed by atoms with Crippen LogP contribution < -0.4 is 15.4 Å². The lowest BCUT2D eigenvalue weighted by molar-refractivity contribution is 0.252. The second-order valence-corrected chi connectivity index (χ2v) is 4.90. The molecule has 2 N–H and O–H groups in total. The molecule has 0 fully saturated rings. The van der Waals surface area contributed by atoms with Gasteiger partial charge in [0.1, 0.15) is 5.75 Å². The fraction of sp³-hybridized carbons (Fsp3) is 0.294. The Kier molecular flexibility index (Phi) is 5.77. The molecular weight excluding hydrogens is 278 g/mol. The predicted octanol–water partition coefficient (Wildman–Crippen LogP) is 3.15. The fourth-order valence-electron chi connectivity index (χ4n) is 2.07. The number of pyridine rings is 1. The van der Waals surface area contributed by atoms with E-state index in [1.165, 1.54) is 0 Å². The van der Waals surface area contributed by atoms with Crippen LogP contribution in [0.1, 0.15) is 18.1 Å². The summed E-state index contributed by atoms with van der Waals surface area (Å²) in [6.45, 7) is 5.07. The van der Waals surface area contributed by atoms with E-state index >= 15 is 0 Å². The number of benzene rings is 1. The molecule has 2 amide bonds. The number of nitrogens with zero attached hydrogens (tertiary/aromatic N) is 1. The van der Waals surface area contributed by atoms with E-state index in [-0.39, 0.29) is 6.03 Å². The molecule has 0 unspecified atom stereocenters. The number of nitrogens with one attached hydrogen (secondary N) is 2. The van der Waals surface area contributed by atoms with Crippen molar-refractivity contribution in [3.8, 4) is 5.75 Å². The standard InChI is InChI=1S/C17H21N3O2/c1-3-22-15-6-7-16(13(2)11-15)20-17(21)19-10-8-14-5-4-9-18-12-14/h4-7,9,11-12H,3,8,10H2,1-2H3,(H2,19,20,21). The zero-order valence-corrected chi connectivity index (χ0v) is 12.9. The quantitative estimate of drug-likeness (QED) is 0.861. The number of ether oxygens (including phenoxy) is 1. The van der Waals surface area contributed by atoms with Gasteiger partial charge in [0.05, 0.1) is 6.61 Å². The van der Waals surface area contributed by atoms with E-state index in [9.17, 15) is 4.79 Å². The number of carbonyl (C=O) groups excluding carboxylic acids is 1. The largest absolute Gasteiger partial charge is 0.494 e. The first-order chi connectivity index (χ1) is 10.7. The van der Waals surface area contributed by atoms with Gasteiger partial charge in [-0.15, -0.1) is 0 Å². The van der Waals surface area contributed by atoms with Crippen molar-refractivity contribution in [1.82, 2.24) is 10.3 Å². The summed E-state index contributed by atoms with van der Waals surface area (Å²) in [6.07, 6.45) is 4.29. The zero-order chi connectivity index (χ0) is 15.8. The van der Waals surface area contributed by atoms with Gasteiger partial charge in [-0.25, -0.2) is 4.79 Å². The molecule has 2 aromatic rings. The van der Waals surface area contributed by atoms with Crippen LogP contribution in [0.4, 0.5) is 10.5 Å². The molecule has 116 valence electrons. The molecule has 0 aliphatic heterocycles. The maximum absolute atomic E-state index is 11.9. The molecule has 5 nitrogen and oxygen atoms in total. The van der Waals surface area contributed by atoms with E-state index < -0.39 is 0 Å². The predicted molar refractivity (Wildman–Crippen MR) is 87.3 cm³/mol. The van der Waals surface area contributed by atoms with Crippen LogP contribution in [-0.4, -0.2) is 24.2 Å². The molecule has 0 spiro atoms. The van der Waals surface area contributed by atoms with E-state index in [1.54, 1.807) is 12.4 Å². The number of hydrogen-bond acceptors (Lipinski definition) is 3. The van der Waals surface area contributed by atoms with Gasteiger partial charge in [0.2, 0.25) is 0 Å². The van der Waals surface area contributed by atoms with E-state index in [1.807, 2.05) is 44.2 Å². The second-order valence-electron chi connectivity index (χ2n) is 4.90. The number of aromatic nitrogens is 1. The molecule has 0 aliphatic carbocycles. The molecule has 0 aliphatic rings. The van der Waals surface area contributed by atoms with Crippen LogP contribution in [0.5, 0.6) is 5.75 Å². The summed E-state index contributed by atoms with van der Waals surface area (Å²) in [4.78, 5) is 15.9. The van der Waals surface area contributed by atoms with E-state index in [2.05, 4.69) is 15.6 Å². The number of rotatable bonds is 6. The summed E-state index contributed by atoms with van der Waals surface area (Å²) in [5.41, 5.74) is 2.84. The normalized spacial score (nSPS) is 10.1. The van der Waals surface area contributed by atoms with Crippen LogP contribution in [-0.2, 0) is 6.42 Å². The third-order valence-electron chi connectivity index (χ3n) is 3.18. The smallest absolute Gasteiger partial charge is 0.319 e. The summed E-state index contributed by atoms with van der Waals surface area (Å²) in [5.74, 6) is 0.808. The Morgan fingerprint density at radius 1 is 1.32 bits per heavy atom. The van der Waals surface area contributed by atoms with Gasteiger partial charge in [-0.3, -0.25) is 4.98 Å². The number of hydrogen-bond donors (Lipinski definition) is 2. The van der Waals surface area contributed by atoms with Crippen molar-refractivity contribution >= 4 is 11.7 Å². The van der Waals surface area contributed by atoms with Crippen LogP contribution in [0.15, 0.2) is 42.7 Å². The minimum atomic E-state index is -0.212. The average Bonchev–Trinajstić information content (AvgIpc) is 2.51. The van der Waals surface area contributed by atoms with E-state index in [0.717, 1.165) is 29.0 Å². The van der Waals surface area contributed by atoms with E-state index in [4.69, 9.17) is 4.74 Å². The Morgan fingerprint density at radius 3 is 2.86 bits per heavy atom. The van der Waals surface area contributed by atoms with Crippen LogP contribution in [0, 0.1) is 6.92 Å². The average molecular weight is 299 g/mol. The molecule has 22 heavy (non-hydrogen) atoms. The topological polar surface area (TPSA) is 63.2 Å². The Balaban J connectivity index is 1.81. The molecular formula is C17H21N3O2. The fourth-order valence-corrected chi connectivity index (χ4v) is 2.07. The van der Waals surface area contributed by atoms with Crippen molar-refractivity contribution in [2.24, 2.45) is 0 Å². The molecule has 0 atom stereocenters. The third-order valence-corrected chi connectivity index (χ3v) is 3.18. The molecule has 5 heteroatoms. The van der Waals surface area contributed by atoms with Gasteiger partial charge in [0.25, 0.3) is 0 Å². The van der Waals surface area contributed by atoms with Gasteiger partial charge in [-0.2, -0.15) is 0 Å². The van der Waals surface area contributed by atoms with Crippen molar-refractivity contribution in [2.45, 2.75) is 20.3 Å². The SMILES string of the molecule is CCOc1ccc(NC(=O)NCCc2cccnc2)c(C)c1. The van der Waals surface area contributed by atoms with Gasteiger partial charge in [0, 0.05) is 24.6 Å². The molecule has 0 saturated carbocycles. The van der Waals surface area contributed by atoms with Gasteiger partial charge >= 0.3 is 6.03 Å². The number of carbonyl (C=O) groups is 1. The summed E-state index contributed by atoms with van der Waals surface area (Å²) < 4.78 is 5.43. The molecule has 1 heterocycles. The zero-order valence-electron chi connectivity index (χ0n) is 12.9. The first kappa shape index (κ1) is 15.8. The van der Waals surface area contributed by atoms with Crippen molar-refractivity contribution in [3.63, 3.8) is 0 Å². The maximum Gasteiger partial charge on any atom is 0.319 e. The first-order valence-corrected chi connectivity index (χ1v) is 7.36. The van der Waals surface area contributed by atoms with E-state index in [0.29, 0.717) is 13.2 Å². The highest BCUT2D eigenvalue weighted by Gasteiger charge is 2.05. The lowest BCUT2D eigenvalue weighted by Gasteiger charge is -2.11. The Morgan fingerprint density at radius 2 is 2.18 bits per heavy atom. The van der Waals surface area contributed by atoms with Gasteiger partial charge in [-0.1, -0.05) is 6.07 Å². The summed E-state index contributed by atoms with van der Waals surface area (Å²) >= 11 is 0. The van der Waals surface area contributed by atoms with Gasteiger partial charge < -0.3 is 15.4 Å². The number of amides is 2. The molecule has 1 aromatic heterocycles. The lowest BCUT2D eigenvalue weighted by Crippen LogP contribution is -2.30. The van der Waals surface area contributed by atoms with Crippen LogP contribution in [0.25, 0.3) is 0 Å². The minimum Gasteiger partial charge on any atom is -0.494 e. The highest BCUT2D eigenvalue weighted by atomic mass is 16.5. The summed E-state index contributed by atoms with van der Waals surface area (Å²) in [7, 11) is 0. The summed E-state index contributed by atoms with van der Waals surface area (Å²) in [6, 6.07) is 9.27. The Hall–Kier alpha value is -2.56. The molecule has 0 bridgehead atoms. The molecule has 1 aromatic carbocycles. The Bertz CT molecular complexity index is 615. The molecule has 0 saturated heterocycles. The van der Waals surface area contributed by atoms with Crippen LogP contribution in [0.2, 0.25) is 0 Å². The highest BCUT2D eigenvalue weighted by molar-refractivity contribution is 5.90. The van der Waals surface area contributed by atoms with Gasteiger partial charge in [-0.05, 0) is 55.7 Å². The van der Waals surface area contributed by atoms with Crippen molar-refractivity contribution < 1.29 is 9.53 Å². The van der Waals surface area contributed by atoms with Crippen molar-refractivity contribution in [1.29, 1.82) is 0 Å². The van der Waals surface area contributed by atoms with Crippen LogP contribution >= 0.6 is 0 Å². The number of anilines is 1. The first-order valence-electron chi connectivity index (χ1n) is 7.36. The molecule has 2 rings (SSSR count). The number of aryl methyl sites for hydroxylation is 1. The highest BCUT2D eigenvalue weighted by Crippen LogP contribution is 2.21. The second kappa shape index (κ2) is 8.02. The third kappa shape index (κ3) is 4.77. The minimum absolute atomic E-state index is 0.212. The lowest BCUT2D eigenvalue weighted by atomic mass is 10.2. The molecule has 0 radical (unpaired) electrons.